The van der Waals surface area contributed by atoms with Gasteiger partial charge in [0.15, 0.2) is 0 Å². The molecule has 23 heavy (non-hydrogen) atoms. The second kappa shape index (κ2) is 5.90. The Balaban J connectivity index is 2.32. The van der Waals surface area contributed by atoms with Crippen LogP contribution < -0.4 is 4.90 Å². The van der Waals surface area contributed by atoms with Crippen LogP contribution in [0.2, 0.25) is 0 Å². The van der Waals surface area contributed by atoms with Crippen molar-refractivity contribution in [2.24, 2.45) is 0 Å². The Hall–Kier alpha value is -1.41. The van der Waals surface area contributed by atoms with Crippen molar-refractivity contribution in [2.45, 2.75) is 57.9 Å². The summed E-state index contributed by atoms with van der Waals surface area (Å²) in [6, 6.07) is 8.72. The molecule has 1 aliphatic rings. The topological polar surface area (TPSA) is 23.5 Å². The van der Waals surface area contributed by atoms with Gasteiger partial charge in [-0.3, -0.25) is 0 Å². The molecule has 0 fully saturated rings. The van der Waals surface area contributed by atoms with Crippen molar-refractivity contribution in [1.82, 2.24) is 0 Å². The van der Waals surface area contributed by atoms with Crippen molar-refractivity contribution in [1.29, 1.82) is 0 Å². The lowest BCUT2D eigenvalue weighted by molar-refractivity contribution is 0.481. The van der Waals surface area contributed by atoms with E-state index in [4.69, 9.17) is 11.6 Å². The zero-order chi connectivity index (χ0) is 16.9. The monoisotopic (exact) mass is 331 g/mol. The zero-order valence-electron chi connectivity index (χ0n) is 14.6. The smallest absolute Gasteiger partial charge is 0.125 e. The number of nitrogens with zero attached hydrogens (tertiary/aromatic N) is 1. The van der Waals surface area contributed by atoms with Gasteiger partial charge in [-0.15, -0.1) is 11.6 Å². The first-order valence-electron chi connectivity index (χ1n) is 8.51. The van der Waals surface area contributed by atoms with E-state index in [9.17, 15) is 5.11 Å². The Kier molecular flexibility index (Phi) is 4.22. The molecule has 3 heteroatoms. The number of fused-ring (bicyclic) bond motifs is 3. The molecule has 124 valence electrons. The summed E-state index contributed by atoms with van der Waals surface area (Å²) < 4.78 is 0. The summed E-state index contributed by atoms with van der Waals surface area (Å²) in [6.07, 6.45) is 0. The molecule has 1 heterocycles. The average molecular weight is 332 g/mol. The summed E-state index contributed by atoms with van der Waals surface area (Å²) in [7, 11) is 0. The fraction of sp³-hybridized carbons (Fsp3) is 0.500. The first-order valence-corrected chi connectivity index (χ1v) is 8.95. The summed E-state index contributed by atoms with van der Waals surface area (Å²) in [4.78, 5) is 2.36. The first-order chi connectivity index (χ1) is 10.8. The van der Waals surface area contributed by atoms with E-state index in [2.05, 4.69) is 51.7 Å². The Bertz CT molecular complexity index is 736. The number of anilines is 1. The van der Waals surface area contributed by atoms with Gasteiger partial charge in [-0.2, -0.15) is 0 Å². The zero-order valence-corrected chi connectivity index (χ0v) is 15.4. The largest absolute Gasteiger partial charge is 0.507 e. The van der Waals surface area contributed by atoms with Gasteiger partial charge in [0.1, 0.15) is 5.75 Å². The number of halogens is 1. The minimum Gasteiger partial charge on any atom is -0.507 e. The van der Waals surface area contributed by atoms with Crippen LogP contribution in [0, 0.1) is 0 Å². The summed E-state index contributed by atoms with van der Waals surface area (Å²) in [5.41, 5.74) is 3.74. The van der Waals surface area contributed by atoms with Crippen molar-refractivity contribution in [3.8, 4) is 5.75 Å². The van der Waals surface area contributed by atoms with Gasteiger partial charge >= 0.3 is 0 Å². The summed E-state index contributed by atoms with van der Waals surface area (Å²) in [5.74, 6) is 1.12. The van der Waals surface area contributed by atoms with Crippen LogP contribution in [0.4, 0.5) is 5.69 Å². The molecule has 2 nitrogen and oxygen atoms in total. The number of aromatic hydroxyl groups is 1. The van der Waals surface area contributed by atoms with Gasteiger partial charge in [0, 0.05) is 41.0 Å². The molecule has 0 radical (unpaired) electrons. The van der Waals surface area contributed by atoms with Gasteiger partial charge in [-0.1, -0.05) is 32.0 Å². The molecule has 0 aliphatic carbocycles. The molecule has 3 rings (SSSR count). The molecular formula is C20H26ClNO. The van der Waals surface area contributed by atoms with E-state index in [0.29, 0.717) is 23.6 Å². The van der Waals surface area contributed by atoms with Crippen LogP contribution in [-0.4, -0.2) is 23.1 Å². The van der Waals surface area contributed by atoms with Crippen molar-refractivity contribution in [3.63, 3.8) is 0 Å². The SMILES string of the molecule is CC(C)c1ccc2c(O)cc3c(c2c1)C(C(C)Cl)CN3C(C)C. The third kappa shape index (κ3) is 2.67. The Morgan fingerprint density at radius 3 is 2.35 bits per heavy atom. The molecule has 2 unspecified atom stereocenters. The third-order valence-electron chi connectivity index (χ3n) is 5.08. The number of hydrogen-bond acceptors (Lipinski definition) is 2. The maximum absolute atomic E-state index is 10.5. The lowest BCUT2D eigenvalue weighted by atomic mass is 9.90. The number of phenolic OH excluding ortho intramolecular Hbond substituents is 1. The maximum atomic E-state index is 10.5. The molecule has 1 N–H and O–H groups in total. The molecule has 0 bridgehead atoms. The minimum atomic E-state index is 0.0629. The van der Waals surface area contributed by atoms with Crippen LogP contribution in [0.1, 0.15) is 57.6 Å². The van der Waals surface area contributed by atoms with E-state index in [1.807, 2.05) is 12.1 Å². The van der Waals surface area contributed by atoms with Gasteiger partial charge in [0.25, 0.3) is 0 Å². The van der Waals surface area contributed by atoms with Crippen LogP contribution in [0.15, 0.2) is 24.3 Å². The lowest BCUT2D eigenvalue weighted by Gasteiger charge is -2.25. The highest BCUT2D eigenvalue weighted by Crippen LogP contribution is 2.47. The molecule has 0 amide bonds. The number of hydrogen-bond donors (Lipinski definition) is 1. The molecule has 1 aliphatic heterocycles. The molecule has 0 spiro atoms. The van der Waals surface area contributed by atoms with E-state index < -0.39 is 0 Å². The molecule has 2 aromatic carbocycles. The van der Waals surface area contributed by atoms with E-state index in [1.54, 1.807) is 0 Å². The van der Waals surface area contributed by atoms with Crippen LogP contribution in [0.3, 0.4) is 0 Å². The average Bonchev–Trinajstić information content (AvgIpc) is 2.86. The molecule has 0 saturated carbocycles. The van der Waals surface area contributed by atoms with E-state index in [1.165, 1.54) is 11.1 Å². The highest BCUT2D eigenvalue weighted by Gasteiger charge is 2.35. The highest BCUT2D eigenvalue weighted by molar-refractivity contribution is 6.21. The van der Waals surface area contributed by atoms with Crippen molar-refractivity contribution in [2.75, 3.05) is 11.4 Å². The lowest BCUT2D eigenvalue weighted by Crippen LogP contribution is -2.30. The predicted octanol–water partition coefficient (Wildman–Crippen LogP) is 5.61. The van der Waals surface area contributed by atoms with Crippen LogP contribution in [0.25, 0.3) is 10.8 Å². The summed E-state index contributed by atoms with van der Waals surface area (Å²) in [6.45, 7) is 11.8. The number of phenols is 1. The third-order valence-corrected chi connectivity index (χ3v) is 5.38. The van der Waals surface area contributed by atoms with E-state index in [-0.39, 0.29) is 5.38 Å². The second-order valence-electron chi connectivity index (χ2n) is 7.32. The first kappa shape index (κ1) is 16.4. The highest BCUT2D eigenvalue weighted by atomic mass is 35.5. The molecule has 0 aromatic heterocycles. The normalized spacial score (nSPS) is 19.0. The van der Waals surface area contributed by atoms with Gasteiger partial charge in [-0.05, 0) is 43.2 Å². The Morgan fingerprint density at radius 2 is 1.78 bits per heavy atom. The quantitative estimate of drug-likeness (QED) is 0.739. The number of rotatable bonds is 3. The minimum absolute atomic E-state index is 0.0629. The van der Waals surface area contributed by atoms with Crippen LogP contribution in [-0.2, 0) is 0 Å². The van der Waals surface area contributed by atoms with Crippen molar-refractivity contribution in [3.05, 3.63) is 35.4 Å². The van der Waals surface area contributed by atoms with E-state index in [0.717, 1.165) is 23.0 Å². The molecular weight excluding hydrogens is 306 g/mol. The fourth-order valence-corrected chi connectivity index (χ4v) is 3.89. The Morgan fingerprint density at radius 1 is 1.09 bits per heavy atom. The molecule has 0 saturated heterocycles. The summed E-state index contributed by atoms with van der Waals surface area (Å²) in [5, 5.41) is 12.7. The maximum Gasteiger partial charge on any atom is 0.125 e. The van der Waals surface area contributed by atoms with Crippen LogP contribution in [0.5, 0.6) is 5.75 Å². The summed E-state index contributed by atoms with van der Waals surface area (Å²) >= 11 is 6.54. The second-order valence-corrected chi connectivity index (χ2v) is 8.01. The fourth-order valence-electron chi connectivity index (χ4n) is 3.68. The van der Waals surface area contributed by atoms with Crippen LogP contribution >= 0.6 is 11.6 Å². The molecule has 2 atom stereocenters. The van der Waals surface area contributed by atoms with Gasteiger partial charge < -0.3 is 10.0 Å². The van der Waals surface area contributed by atoms with Gasteiger partial charge in [-0.25, -0.2) is 0 Å². The van der Waals surface area contributed by atoms with E-state index >= 15 is 0 Å². The Labute approximate surface area is 144 Å². The van der Waals surface area contributed by atoms with Crippen molar-refractivity contribution < 1.29 is 5.11 Å². The molecule has 2 aromatic rings. The number of alkyl halides is 1. The van der Waals surface area contributed by atoms with Gasteiger partial charge in [0.05, 0.1) is 0 Å². The standard InChI is InChI=1S/C20H26ClNO/c1-11(2)14-6-7-15-16(8-14)20-17(13(5)21)10-22(12(3)4)18(20)9-19(15)23/h6-9,11-13,17,23H,10H2,1-5H3. The number of benzene rings is 2. The van der Waals surface area contributed by atoms with Gasteiger partial charge in [0.2, 0.25) is 0 Å². The van der Waals surface area contributed by atoms with Crippen molar-refractivity contribution >= 4 is 28.1 Å². The predicted molar refractivity (Wildman–Crippen MR) is 100 cm³/mol.